The Morgan fingerprint density at radius 2 is 2.07 bits per heavy atom. The number of unbranched alkanes of at least 4 members (excludes halogenated alkanes) is 1. The molecule has 6 nitrogen and oxygen atoms in total. The van der Waals surface area contributed by atoms with Crippen molar-refractivity contribution in [2.75, 3.05) is 36.2 Å². The minimum Gasteiger partial charge on any atom is -0.390 e. The molecular formula is C16H22ClF2N5OS2. The molecule has 6 N–H and O–H groups in total. The summed E-state index contributed by atoms with van der Waals surface area (Å²) < 4.78 is 29.9. The minimum absolute atomic E-state index is 0.239. The van der Waals surface area contributed by atoms with Gasteiger partial charge in [-0.3, -0.25) is 0 Å². The van der Waals surface area contributed by atoms with Gasteiger partial charge in [0.05, 0.1) is 27.9 Å². The van der Waals surface area contributed by atoms with Gasteiger partial charge in [-0.25, -0.2) is 9.37 Å². The van der Waals surface area contributed by atoms with Gasteiger partial charge in [0, 0.05) is 19.6 Å². The number of hydrogen-bond donors (Lipinski definition) is 5. The third-order valence-corrected chi connectivity index (χ3v) is 5.47. The van der Waals surface area contributed by atoms with Crippen molar-refractivity contribution in [3.63, 3.8) is 0 Å². The number of aliphatic hydroxyl groups is 1. The predicted molar refractivity (Wildman–Crippen MR) is 109 cm³/mol. The van der Waals surface area contributed by atoms with Crippen LogP contribution in [0.5, 0.6) is 0 Å². The van der Waals surface area contributed by atoms with Gasteiger partial charge < -0.3 is 26.2 Å². The van der Waals surface area contributed by atoms with E-state index in [1.807, 2.05) is 0 Å². The summed E-state index contributed by atoms with van der Waals surface area (Å²) >= 11 is 8.03. The van der Waals surface area contributed by atoms with Gasteiger partial charge in [-0.2, -0.15) is 4.39 Å². The van der Waals surface area contributed by atoms with Crippen LogP contribution in [0.25, 0.3) is 0 Å². The lowest BCUT2D eigenvalue weighted by molar-refractivity contribution is 0.179. The van der Waals surface area contributed by atoms with Gasteiger partial charge in [0.25, 0.3) is 0 Å². The standard InChI is InChI=1S/C16H22ClF2N5OS2/c17-11-5-14(27-24-16-23-9-15(19)26-16)12(18)6-13(11)22-4-2-1-3-21-8-10(25)7-20/h5-6,9-10,21-22,25H,1-4,7-8,20H2,(H,23,24). The van der Waals surface area contributed by atoms with E-state index in [2.05, 4.69) is 20.3 Å². The number of rotatable bonds is 12. The molecule has 0 saturated heterocycles. The molecule has 0 amide bonds. The number of nitrogens with two attached hydrogens (primary N) is 1. The van der Waals surface area contributed by atoms with Crippen LogP contribution in [-0.4, -0.2) is 42.4 Å². The number of aliphatic hydroxyl groups excluding tert-OH is 1. The van der Waals surface area contributed by atoms with E-state index in [-0.39, 0.29) is 6.54 Å². The van der Waals surface area contributed by atoms with Gasteiger partial charge in [-0.15, -0.1) is 0 Å². The zero-order valence-corrected chi connectivity index (χ0v) is 16.9. The topological polar surface area (TPSA) is 95.2 Å². The van der Waals surface area contributed by atoms with Gasteiger partial charge in [0.15, 0.2) is 10.3 Å². The fraction of sp³-hybridized carbons (Fsp3) is 0.438. The van der Waals surface area contributed by atoms with Crippen molar-refractivity contribution in [2.45, 2.75) is 23.8 Å². The molecule has 0 aliphatic heterocycles. The average molecular weight is 438 g/mol. The van der Waals surface area contributed by atoms with Crippen molar-refractivity contribution in [1.82, 2.24) is 10.3 Å². The fourth-order valence-corrected chi connectivity index (χ4v) is 3.66. The maximum atomic E-state index is 14.2. The lowest BCUT2D eigenvalue weighted by atomic mass is 10.2. The monoisotopic (exact) mass is 437 g/mol. The van der Waals surface area contributed by atoms with Crippen LogP contribution in [0.4, 0.5) is 19.6 Å². The van der Waals surface area contributed by atoms with Crippen molar-refractivity contribution < 1.29 is 13.9 Å². The third kappa shape index (κ3) is 7.76. The molecule has 0 aliphatic rings. The van der Waals surface area contributed by atoms with E-state index in [1.165, 1.54) is 12.1 Å². The largest absolute Gasteiger partial charge is 0.390 e. The molecule has 2 aromatic rings. The maximum absolute atomic E-state index is 14.2. The smallest absolute Gasteiger partial charge is 0.198 e. The Labute approximate surface area is 170 Å². The van der Waals surface area contributed by atoms with Crippen LogP contribution in [0.1, 0.15) is 12.8 Å². The highest BCUT2D eigenvalue weighted by atomic mass is 35.5. The first-order valence-corrected chi connectivity index (χ1v) is 10.4. The molecule has 27 heavy (non-hydrogen) atoms. The molecule has 1 unspecified atom stereocenters. The molecule has 2 rings (SSSR count). The summed E-state index contributed by atoms with van der Waals surface area (Å²) in [4.78, 5) is 4.10. The zero-order chi connectivity index (χ0) is 19.6. The van der Waals surface area contributed by atoms with Crippen molar-refractivity contribution >= 4 is 45.7 Å². The average Bonchev–Trinajstić information content (AvgIpc) is 3.07. The van der Waals surface area contributed by atoms with Crippen LogP contribution >= 0.6 is 34.9 Å². The van der Waals surface area contributed by atoms with Crippen LogP contribution in [0.2, 0.25) is 5.02 Å². The van der Waals surface area contributed by atoms with E-state index in [9.17, 15) is 13.9 Å². The predicted octanol–water partition coefficient (Wildman–Crippen LogP) is 3.30. The number of halogens is 3. The number of hydrogen-bond acceptors (Lipinski definition) is 8. The number of nitrogens with one attached hydrogen (secondary N) is 3. The number of thiazole rings is 1. The molecule has 0 bridgehead atoms. The van der Waals surface area contributed by atoms with E-state index in [1.54, 1.807) is 0 Å². The van der Waals surface area contributed by atoms with Gasteiger partial charge in [0.2, 0.25) is 0 Å². The number of anilines is 2. The molecular weight excluding hydrogens is 416 g/mol. The summed E-state index contributed by atoms with van der Waals surface area (Å²) in [5.41, 5.74) is 5.84. The molecule has 1 atom stereocenters. The Balaban J connectivity index is 1.73. The molecule has 1 aromatic carbocycles. The van der Waals surface area contributed by atoms with Crippen LogP contribution < -0.4 is 21.1 Å². The molecule has 0 radical (unpaired) electrons. The molecule has 1 aromatic heterocycles. The summed E-state index contributed by atoms with van der Waals surface area (Å²) in [7, 11) is 0. The summed E-state index contributed by atoms with van der Waals surface area (Å²) in [6.07, 6.45) is 2.33. The van der Waals surface area contributed by atoms with Crippen molar-refractivity contribution in [3.05, 3.63) is 34.3 Å². The molecule has 11 heteroatoms. The number of aromatic nitrogens is 1. The molecule has 1 heterocycles. The molecule has 0 saturated carbocycles. The molecule has 0 spiro atoms. The summed E-state index contributed by atoms with van der Waals surface area (Å²) in [5, 5.41) is 15.9. The SMILES string of the molecule is NCC(O)CNCCCCNc1cc(F)c(SNc2ncc(F)s2)cc1Cl. The first-order valence-electron chi connectivity index (χ1n) is 8.35. The van der Waals surface area contributed by atoms with Crippen LogP contribution in [0, 0.1) is 10.9 Å². The highest BCUT2D eigenvalue weighted by Gasteiger charge is 2.10. The second-order valence-electron chi connectivity index (χ2n) is 5.66. The Morgan fingerprint density at radius 3 is 2.78 bits per heavy atom. The Kier molecular flexibility index (Phi) is 9.52. The summed E-state index contributed by atoms with van der Waals surface area (Å²) in [6.45, 7) is 2.12. The summed E-state index contributed by atoms with van der Waals surface area (Å²) in [6, 6.07) is 2.85. The van der Waals surface area contributed by atoms with Crippen molar-refractivity contribution in [2.24, 2.45) is 5.73 Å². The highest BCUT2D eigenvalue weighted by Crippen LogP contribution is 2.32. The molecule has 150 valence electrons. The highest BCUT2D eigenvalue weighted by molar-refractivity contribution is 8.00. The second-order valence-corrected chi connectivity index (χ2v) is 7.90. The maximum Gasteiger partial charge on any atom is 0.198 e. The van der Waals surface area contributed by atoms with E-state index in [4.69, 9.17) is 17.3 Å². The van der Waals surface area contributed by atoms with Gasteiger partial charge in [-0.05, 0) is 43.5 Å². The lowest BCUT2D eigenvalue weighted by Crippen LogP contribution is -2.33. The van der Waals surface area contributed by atoms with Crippen LogP contribution in [0.3, 0.4) is 0 Å². The van der Waals surface area contributed by atoms with E-state index >= 15 is 0 Å². The Bertz CT molecular complexity index is 722. The van der Waals surface area contributed by atoms with Crippen LogP contribution in [0.15, 0.2) is 23.2 Å². The first kappa shape index (κ1) is 22.1. The Hall–Kier alpha value is -1.17. The summed E-state index contributed by atoms with van der Waals surface area (Å²) in [5.74, 6) is -0.436. The Morgan fingerprint density at radius 1 is 1.30 bits per heavy atom. The van der Waals surface area contributed by atoms with Crippen molar-refractivity contribution in [1.29, 1.82) is 0 Å². The zero-order valence-electron chi connectivity index (χ0n) is 14.5. The molecule has 0 fully saturated rings. The van der Waals surface area contributed by atoms with Crippen LogP contribution in [-0.2, 0) is 0 Å². The lowest BCUT2D eigenvalue weighted by Gasteiger charge is -2.12. The molecule has 0 aliphatic carbocycles. The third-order valence-electron chi connectivity index (χ3n) is 3.50. The van der Waals surface area contributed by atoms with E-state index < -0.39 is 17.1 Å². The van der Waals surface area contributed by atoms with Gasteiger partial charge in [-0.1, -0.05) is 22.9 Å². The normalized spacial score (nSPS) is 12.2. The quantitative estimate of drug-likeness (QED) is 0.257. The number of benzene rings is 1. The van der Waals surface area contributed by atoms with Gasteiger partial charge >= 0.3 is 0 Å². The van der Waals surface area contributed by atoms with E-state index in [0.717, 1.165) is 48.9 Å². The van der Waals surface area contributed by atoms with Crippen molar-refractivity contribution in [3.8, 4) is 0 Å². The minimum atomic E-state index is -0.523. The second kappa shape index (κ2) is 11.6. The number of nitrogens with zero attached hydrogens (tertiary/aromatic N) is 1. The first-order chi connectivity index (χ1) is 13.0. The fourth-order valence-electron chi connectivity index (χ4n) is 2.09. The van der Waals surface area contributed by atoms with Gasteiger partial charge in [0.1, 0.15) is 5.82 Å². The van der Waals surface area contributed by atoms with E-state index in [0.29, 0.717) is 33.8 Å².